The van der Waals surface area contributed by atoms with Crippen molar-refractivity contribution in [3.63, 3.8) is 0 Å². The van der Waals surface area contributed by atoms with Crippen molar-refractivity contribution in [3.8, 4) is 11.6 Å². The normalized spacial score (nSPS) is 12.2. The molecule has 18 heavy (non-hydrogen) atoms. The molecule has 94 valence electrons. The maximum absolute atomic E-state index is 5.90. The van der Waals surface area contributed by atoms with Crippen molar-refractivity contribution in [2.24, 2.45) is 5.73 Å². The van der Waals surface area contributed by atoms with Crippen LogP contribution in [0.5, 0.6) is 11.6 Å². The Morgan fingerprint density at radius 2 is 1.94 bits per heavy atom. The number of aromatic nitrogens is 1. The lowest BCUT2D eigenvalue weighted by Gasteiger charge is -2.12. The number of benzene rings is 1. The third-order valence-electron chi connectivity index (χ3n) is 2.98. The highest BCUT2D eigenvalue weighted by Gasteiger charge is 2.09. The summed E-state index contributed by atoms with van der Waals surface area (Å²) in [4.78, 5) is 4.25. The molecule has 0 fully saturated rings. The molecule has 0 radical (unpaired) electrons. The molecular formula is C15H18N2O. The van der Waals surface area contributed by atoms with Gasteiger partial charge in [0.2, 0.25) is 5.88 Å². The average Bonchev–Trinajstić information content (AvgIpc) is 2.34. The summed E-state index contributed by atoms with van der Waals surface area (Å²) in [6.45, 7) is 6.06. The predicted molar refractivity (Wildman–Crippen MR) is 72.8 cm³/mol. The van der Waals surface area contributed by atoms with Gasteiger partial charge in [-0.1, -0.05) is 12.1 Å². The Bertz CT molecular complexity index is 550. The lowest BCUT2D eigenvalue weighted by Crippen LogP contribution is -2.07. The number of nitrogens with zero attached hydrogens (tertiary/aromatic N) is 1. The van der Waals surface area contributed by atoms with E-state index in [1.807, 2.05) is 37.3 Å². The van der Waals surface area contributed by atoms with Crippen molar-refractivity contribution in [1.29, 1.82) is 0 Å². The van der Waals surface area contributed by atoms with Gasteiger partial charge >= 0.3 is 0 Å². The van der Waals surface area contributed by atoms with Crippen molar-refractivity contribution in [1.82, 2.24) is 4.98 Å². The van der Waals surface area contributed by atoms with E-state index in [1.165, 1.54) is 11.1 Å². The second kappa shape index (κ2) is 5.19. The third kappa shape index (κ3) is 2.68. The fourth-order valence-electron chi connectivity index (χ4n) is 1.72. The zero-order valence-corrected chi connectivity index (χ0v) is 11.0. The lowest BCUT2D eigenvalue weighted by molar-refractivity contribution is 0.451. The number of rotatable bonds is 3. The maximum atomic E-state index is 5.90. The van der Waals surface area contributed by atoms with Gasteiger partial charge < -0.3 is 10.5 Å². The largest absolute Gasteiger partial charge is 0.439 e. The van der Waals surface area contributed by atoms with Crippen LogP contribution in [0.3, 0.4) is 0 Å². The molecule has 0 saturated carbocycles. The van der Waals surface area contributed by atoms with E-state index in [2.05, 4.69) is 18.8 Å². The summed E-state index contributed by atoms with van der Waals surface area (Å²) in [6.07, 6.45) is 1.71. The first-order chi connectivity index (χ1) is 8.58. The standard InChI is InChI=1S/C15H18N2O/c1-10-6-7-13(9-11(10)2)18-15-14(12(3)16)5-4-8-17-15/h4-9,12H,16H2,1-3H3. The fraction of sp³-hybridized carbons (Fsp3) is 0.267. The second-order valence-corrected chi connectivity index (χ2v) is 4.53. The van der Waals surface area contributed by atoms with E-state index in [9.17, 15) is 0 Å². The number of pyridine rings is 1. The van der Waals surface area contributed by atoms with E-state index < -0.39 is 0 Å². The molecule has 2 N–H and O–H groups in total. The molecule has 1 atom stereocenters. The van der Waals surface area contributed by atoms with Gasteiger partial charge in [0.15, 0.2) is 0 Å². The highest BCUT2D eigenvalue weighted by molar-refractivity contribution is 5.38. The molecule has 1 aromatic heterocycles. The summed E-state index contributed by atoms with van der Waals surface area (Å²) in [7, 11) is 0. The van der Waals surface area contributed by atoms with Crippen LogP contribution in [0.15, 0.2) is 36.5 Å². The van der Waals surface area contributed by atoms with Crippen LogP contribution in [0.4, 0.5) is 0 Å². The number of ether oxygens (including phenoxy) is 1. The summed E-state index contributed by atoms with van der Waals surface area (Å²) < 4.78 is 5.82. The molecule has 0 amide bonds. The maximum Gasteiger partial charge on any atom is 0.223 e. The molecule has 0 aliphatic heterocycles. The van der Waals surface area contributed by atoms with Crippen molar-refractivity contribution >= 4 is 0 Å². The van der Waals surface area contributed by atoms with Gasteiger partial charge in [-0.05, 0) is 50.1 Å². The molecule has 3 nitrogen and oxygen atoms in total. The van der Waals surface area contributed by atoms with Gasteiger partial charge in [-0.15, -0.1) is 0 Å². The number of aryl methyl sites for hydroxylation is 2. The first kappa shape index (κ1) is 12.6. The Morgan fingerprint density at radius 3 is 2.61 bits per heavy atom. The van der Waals surface area contributed by atoms with Crippen molar-refractivity contribution in [2.75, 3.05) is 0 Å². The highest BCUT2D eigenvalue weighted by Crippen LogP contribution is 2.27. The van der Waals surface area contributed by atoms with Crippen molar-refractivity contribution in [3.05, 3.63) is 53.2 Å². The molecule has 0 saturated heterocycles. The van der Waals surface area contributed by atoms with Crippen LogP contribution in [0, 0.1) is 13.8 Å². The van der Waals surface area contributed by atoms with Crippen LogP contribution in [0.25, 0.3) is 0 Å². The topological polar surface area (TPSA) is 48.1 Å². The minimum Gasteiger partial charge on any atom is -0.439 e. The lowest BCUT2D eigenvalue weighted by atomic mass is 10.1. The van der Waals surface area contributed by atoms with E-state index in [4.69, 9.17) is 10.5 Å². The third-order valence-corrected chi connectivity index (χ3v) is 2.98. The van der Waals surface area contributed by atoms with Gasteiger partial charge in [0, 0.05) is 17.8 Å². The summed E-state index contributed by atoms with van der Waals surface area (Å²) >= 11 is 0. The molecular weight excluding hydrogens is 224 g/mol. The van der Waals surface area contributed by atoms with E-state index in [0.717, 1.165) is 11.3 Å². The zero-order chi connectivity index (χ0) is 13.1. The quantitative estimate of drug-likeness (QED) is 0.896. The first-order valence-corrected chi connectivity index (χ1v) is 6.03. The van der Waals surface area contributed by atoms with E-state index in [-0.39, 0.29) is 6.04 Å². The van der Waals surface area contributed by atoms with Crippen LogP contribution < -0.4 is 10.5 Å². The molecule has 2 aromatic rings. The fourth-order valence-corrected chi connectivity index (χ4v) is 1.72. The highest BCUT2D eigenvalue weighted by atomic mass is 16.5. The van der Waals surface area contributed by atoms with Crippen LogP contribution in [0.2, 0.25) is 0 Å². The number of nitrogens with two attached hydrogens (primary N) is 1. The monoisotopic (exact) mass is 242 g/mol. The van der Waals surface area contributed by atoms with Crippen LogP contribution in [0.1, 0.15) is 29.7 Å². The van der Waals surface area contributed by atoms with Gasteiger partial charge in [0.1, 0.15) is 5.75 Å². The van der Waals surface area contributed by atoms with Gasteiger partial charge in [-0.25, -0.2) is 4.98 Å². The predicted octanol–water partition coefficient (Wildman–Crippen LogP) is 3.51. The van der Waals surface area contributed by atoms with E-state index >= 15 is 0 Å². The van der Waals surface area contributed by atoms with Crippen LogP contribution in [-0.2, 0) is 0 Å². The Labute approximate surface area is 108 Å². The first-order valence-electron chi connectivity index (χ1n) is 6.03. The Kier molecular flexibility index (Phi) is 3.63. The molecule has 3 heteroatoms. The van der Waals surface area contributed by atoms with Crippen LogP contribution in [-0.4, -0.2) is 4.98 Å². The molecule has 2 rings (SSSR count). The van der Waals surface area contributed by atoms with E-state index in [0.29, 0.717) is 5.88 Å². The number of hydrogen-bond donors (Lipinski definition) is 1. The van der Waals surface area contributed by atoms with Crippen LogP contribution >= 0.6 is 0 Å². The molecule has 1 aromatic carbocycles. The van der Waals surface area contributed by atoms with E-state index in [1.54, 1.807) is 6.20 Å². The minimum atomic E-state index is -0.0970. The molecule has 1 unspecified atom stereocenters. The summed E-state index contributed by atoms with van der Waals surface area (Å²) in [5, 5.41) is 0. The van der Waals surface area contributed by atoms with Gasteiger partial charge in [0.25, 0.3) is 0 Å². The average molecular weight is 242 g/mol. The zero-order valence-electron chi connectivity index (χ0n) is 11.0. The Morgan fingerprint density at radius 1 is 1.17 bits per heavy atom. The molecule has 0 spiro atoms. The summed E-state index contributed by atoms with van der Waals surface area (Å²) in [5.41, 5.74) is 9.26. The number of hydrogen-bond acceptors (Lipinski definition) is 3. The van der Waals surface area contributed by atoms with Gasteiger partial charge in [-0.2, -0.15) is 0 Å². The minimum absolute atomic E-state index is 0.0970. The molecule has 0 aliphatic carbocycles. The van der Waals surface area contributed by atoms with Crippen molar-refractivity contribution < 1.29 is 4.74 Å². The second-order valence-electron chi connectivity index (χ2n) is 4.53. The summed E-state index contributed by atoms with van der Waals surface area (Å²) in [5.74, 6) is 1.37. The summed E-state index contributed by atoms with van der Waals surface area (Å²) in [6, 6.07) is 9.70. The molecule has 0 bridgehead atoms. The molecule has 1 heterocycles. The van der Waals surface area contributed by atoms with Gasteiger partial charge in [0.05, 0.1) is 0 Å². The smallest absolute Gasteiger partial charge is 0.223 e. The van der Waals surface area contributed by atoms with Crippen molar-refractivity contribution in [2.45, 2.75) is 26.8 Å². The Hall–Kier alpha value is -1.87. The Balaban J connectivity index is 2.31. The van der Waals surface area contributed by atoms with Gasteiger partial charge in [-0.3, -0.25) is 0 Å². The molecule has 0 aliphatic rings. The SMILES string of the molecule is Cc1ccc(Oc2ncccc2C(C)N)cc1C.